The smallest absolute Gasteiger partial charge is 0.348 e. The van der Waals surface area contributed by atoms with Crippen molar-refractivity contribution in [1.82, 2.24) is 14.8 Å². The van der Waals surface area contributed by atoms with Crippen LogP contribution in [0.3, 0.4) is 0 Å². The lowest BCUT2D eigenvalue weighted by atomic mass is 10.1. The summed E-state index contributed by atoms with van der Waals surface area (Å²) in [7, 11) is -1.76. The van der Waals surface area contributed by atoms with Crippen molar-refractivity contribution in [2.24, 2.45) is 7.05 Å². The molecule has 0 fully saturated rings. The van der Waals surface area contributed by atoms with Crippen LogP contribution in [0, 0.1) is 6.92 Å². The number of hydrogen-bond acceptors (Lipinski definition) is 6. The number of benzene rings is 1. The minimum atomic E-state index is -3.41. The molecular formula is C16H14ClN3O4S. The third kappa shape index (κ3) is 3.35. The quantitative estimate of drug-likeness (QED) is 0.649. The number of rotatable bonds is 3. The Labute approximate surface area is 149 Å². The van der Waals surface area contributed by atoms with Gasteiger partial charge in [-0.25, -0.2) is 17.9 Å². The average molecular weight is 380 g/mol. The van der Waals surface area contributed by atoms with E-state index in [1.807, 2.05) is 0 Å². The third-order valence-electron chi connectivity index (χ3n) is 3.57. The first-order valence-corrected chi connectivity index (χ1v) is 9.45. The summed E-state index contributed by atoms with van der Waals surface area (Å²) >= 11 is 6.16. The van der Waals surface area contributed by atoms with Gasteiger partial charge in [0.25, 0.3) is 0 Å². The highest BCUT2D eigenvalue weighted by atomic mass is 35.5. The number of nitrogens with zero attached hydrogens (tertiary/aromatic N) is 3. The molecule has 0 saturated carbocycles. The summed E-state index contributed by atoms with van der Waals surface area (Å²) in [6.07, 6.45) is 2.28. The molecule has 0 N–H and O–H groups in total. The Kier molecular flexibility index (Phi) is 4.26. The molecule has 130 valence electrons. The highest BCUT2D eigenvalue weighted by molar-refractivity contribution is 7.90. The summed E-state index contributed by atoms with van der Waals surface area (Å²) in [5, 5.41) is 4.74. The van der Waals surface area contributed by atoms with Gasteiger partial charge < -0.3 is 4.74 Å². The average Bonchev–Trinajstić information content (AvgIpc) is 2.83. The van der Waals surface area contributed by atoms with E-state index in [4.69, 9.17) is 16.3 Å². The van der Waals surface area contributed by atoms with E-state index in [9.17, 15) is 13.2 Å². The number of esters is 1. The Hall–Kier alpha value is -2.45. The molecule has 0 spiro atoms. The van der Waals surface area contributed by atoms with Gasteiger partial charge in [-0.1, -0.05) is 17.7 Å². The van der Waals surface area contributed by atoms with E-state index >= 15 is 0 Å². The van der Waals surface area contributed by atoms with E-state index in [0.29, 0.717) is 11.1 Å². The molecular weight excluding hydrogens is 366 g/mol. The maximum absolute atomic E-state index is 12.6. The van der Waals surface area contributed by atoms with Crippen molar-refractivity contribution in [1.29, 1.82) is 0 Å². The molecule has 9 heteroatoms. The van der Waals surface area contributed by atoms with Crippen LogP contribution in [0.25, 0.3) is 10.9 Å². The summed E-state index contributed by atoms with van der Waals surface area (Å²) in [5.74, 6) is -0.429. The summed E-state index contributed by atoms with van der Waals surface area (Å²) in [6, 6.07) is 6.16. The standard InChI is InChI=1S/C16H14ClN3O4S/c1-9-6-13(20(2)19-9)24-16(21)14-12(17)5-4-10-7-11(25(3,22)23)8-18-15(10)14/h4-8H,1-3H3. The van der Waals surface area contributed by atoms with Gasteiger partial charge in [0.15, 0.2) is 9.84 Å². The molecule has 0 aliphatic heterocycles. The fourth-order valence-electron chi connectivity index (χ4n) is 2.38. The second-order valence-electron chi connectivity index (χ2n) is 5.57. The minimum absolute atomic E-state index is 0.0592. The van der Waals surface area contributed by atoms with Crippen molar-refractivity contribution in [3.8, 4) is 5.88 Å². The molecule has 0 aliphatic rings. The lowest BCUT2D eigenvalue weighted by molar-refractivity contribution is 0.0722. The third-order valence-corrected chi connectivity index (χ3v) is 4.96. The molecule has 2 aromatic heterocycles. The number of sulfone groups is 1. The molecule has 0 radical (unpaired) electrons. The van der Waals surface area contributed by atoms with Crippen molar-refractivity contribution in [3.05, 3.63) is 46.7 Å². The Balaban J connectivity index is 2.10. The predicted molar refractivity (Wildman–Crippen MR) is 92.8 cm³/mol. The molecule has 0 aliphatic carbocycles. The minimum Gasteiger partial charge on any atom is -0.404 e. The number of aromatic nitrogens is 3. The lowest BCUT2D eigenvalue weighted by Gasteiger charge is -2.09. The maximum Gasteiger partial charge on any atom is 0.348 e. The second kappa shape index (κ2) is 6.12. The van der Waals surface area contributed by atoms with E-state index in [2.05, 4.69) is 10.1 Å². The van der Waals surface area contributed by atoms with Crippen LogP contribution in [0.1, 0.15) is 16.1 Å². The number of ether oxygens (including phenoxy) is 1. The Morgan fingerprint density at radius 3 is 2.60 bits per heavy atom. The fraction of sp³-hybridized carbons (Fsp3) is 0.188. The zero-order valence-electron chi connectivity index (χ0n) is 13.6. The van der Waals surface area contributed by atoms with Crippen LogP contribution >= 0.6 is 11.6 Å². The van der Waals surface area contributed by atoms with Gasteiger partial charge in [0.1, 0.15) is 5.56 Å². The number of hydrogen-bond donors (Lipinski definition) is 0. The predicted octanol–water partition coefficient (Wildman–Crippen LogP) is 2.55. The first kappa shape index (κ1) is 17.4. The second-order valence-corrected chi connectivity index (χ2v) is 8.00. The van der Waals surface area contributed by atoms with Crippen LogP contribution in [-0.4, -0.2) is 35.4 Å². The Morgan fingerprint density at radius 1 is 1.28 bits per heavy atom. The van der Waals surface area contributed by atoms with Gasteiger partial charge in [0.05, 0.1) is 21.1 Å². The molecule has 25 heavy (non-hydrogen) atoms. The van der Waals surface area contributed by atoms with Crippen LogP contribution in [0.5, 0.6) is 5.88 Å². The van der Waals surface area contributed by atoms with E-state index < -0.39 is 15.8 Å². The van der Waals surface area contributed by atoms with E-state index in [0.717, 1.165) is 6.26 Å². The monoisotopic (exact) mass is 379 g/mol. The SMILES string of the molecule is Cc1cc(OC(=O)c2c(Cl)ccc3cc(S(C)(=O)=O)cnc23)n(C)n1. The Bertz CT molecular complexity index is 1110. The zero-order valence-corrected chi connectivity index (χ0v) is 15.2. The van der Waals surface area contributed by atoms with Crippen molar-refractivity contribution in [3.63, 3.8) is 0 Å². The summed E-state index contributed by atoms with van der Waals surface area (Å²) in [5.41, 5.74) is 1.03. The van der Waals surface area contributed by atoms with E-state index in [1.165, 1.54) is 23.0 Å². The number of fused-ring (bicyclic) bond motifs is 1. The van der Waals surface area contributed by atoms with Gasteiger partial charge in [-0.2, -0.15) is 5.10 Å². The molecule has 0 atom stereocenters. The molecule has 3 aromatic rings. The van der Waals surface area contributed by atoms with Crippen molar-refractivity contribution < 1.29 is 17.9 Å². The van der Waals surface area contributed by atoms with Gasteiger partial charge in [0, 0.05) is 31.0 Å². The number of carbonyl (C=O) groups is 1. The van der Waals surface area contributed by atoms with Gasteiger partial charge in [0.2, 0.25) is 5.88 Å². The number of halogens is 1. The first-order chi connectivity index (χ1) is 11.7. The van der Waals surface area contributed by atoms with Gasteiger partial charge >= 0.3 is 5.97 Å². The van der Waals surface area contributed by atoms with E-state index in [-0.39, 0.29) is 26.9 Å². The number of pyridine rings is 1. The first-order valence-electron chi connectivity index (χ1n) is 7.18. The molecule has 1 aromatic carbocycles. The summed E-state index contributed by atoms with van der Waals surface area (Å²) in [6.45, 7) is 1.77. The molecule has 0 amide bonds. The highest BCUT2D eigenvalue weighted by Gasteiger charge is 2.21. The summed E-state index contributed by atoms with van der Waals surface area (Å²) < 4.78 is 30.1. The summed E-state index contributed by atoms with van der Waals surface area (Å²) in [4.78, 5) is 16.8. The molecule has 3 rings (SSSR count). The van der Waals surface area contributed by atoms with Gasteiger partial charge in [-0.15, -0.1) is 0 Å². The molecule has 0 bridgehead atoms. The van der Waals surface area contributed by atoms with Crippen molar-refractivity contribution in [2.75, 3.05) is 6.26 Å². The Morgan fingerprint density at radius 2 is 2.00 bits per heavy atom. The number of aryl methyl sites for hydroxylation is 2. The highest BCUT2D eigenvalue weighted by Crippen LogP contribution is 2.27. The van der Waals surface area contributed by atoms with Crippen molar-refractivity contribution in [2.45, 2.75) is 11.8 Å². The largest absolute Gasteiger partial charge is 0.404 e. The molecule has 0 saturated heterocycles. The molecule has 7 nitrogen and oxygen atoms in total. The lowest BCUT2D eigenvalue weighted by Crippen LogP contribution is -2.13. The maximum atomic E-state index is 12.6. The fourth-order valence-corrected chi connectivity index (χ4v) is 3.20. The molecule has 2 heterocycles. The normalized spacial score (nSPS) is 11.7. The topological polar surface area (TPSA) is 91.2 Å². The number of carbonyl (C=O) groups excluding carboxylic acids is 1. The molecule has 0 unspecified atom stereocenters. The van der Waals surface area contributed by atoms with E-state index in [1.54, 1.807) is 26.1 Å². The van der Waals surface area contributed by atoms with Crippen molar-refractivity contribution >= 4 is 38.3 Å². The zero-order chi connectivity index (χ0) is 18.4. The van der Waals surface area contributed by atoms with Crippen LogP contribution in [0.15, 0.2) is 35.4 Å². The van der Waals surface area contributed by atoms with Crippen LogP contribution < -0.4 is 4.74 Å². The van der Waals surface area contributed by atoms with Gasteiger partial charge in [-0.3, -0.25) is 4.98 Å². The van der Waals surface area contributed by atoms with Crippen LogP contribution in [-0.2, 0) is 16.9 Å². The van der Waals surface area contributed by atoms with Crippen LogP contribution in [0.2, 0.25) is 5.02 Å². The van der Waals surface area contributed by atoms with Gasteiger partial charge in [-0.05, 0) is 19.1 Å². The van der Waals surface area contributed by atoms with Crippen LogP contribution in [0.4, 0.5) is 0 Å².